The highest BCUT2D eigenvalue weighted by molar-refractivity contribution is 7.99. The molecule has 0 bridgehead atoms. The molecule has 0 saturated carbocycles. The van der Waals surface area contributed by atoms with E-state index in [2.05, 4.69) is 12.1 Å². The quantitative estimate of drug-likeness (QED) is 0.622. The molecule has 0 amide bonds. The minimum absolute atomic E-state index is 0.208. The fraction of sp³-hybridized carbons (Fsp3) is 0.500. The van der Waals surface area contributed by atoms with Gasteiger partial charge in [0.1, 0.15) is 0 Å². The van der Waals surface area contributed by atoms with Gasteiger partial charge in [-0.05, 0) is 48.6 Å². The first-order valence-electron chi connectivity index (χ1n) is 6.15. The monoisotopic (exact) mass is 250 g/mol. The lowest BCUT2D eigenvalue weighted by Crippen LogP contribution is -2.04. The summed E-state index contributed by atoms with van der Waals surface area (Å²) in [5.74, 6) is 1.59. The molecule has 92 valence electrons. The van der Waals surface area contributed by atoms with E-state index in [1.54, 1.807) is 11.8 Å². The van der Waals surface area contributed by atoms with E-state index in [1.165, 1.54) is 17.5 Å². The van der Waals surface area contributed by atoms with Crippen LogP contribution in [0.25, 0.3) is 0 Å². The van der Waals surface area contributed by atoms with E-state index < -0.39 is 0 Å². The van der Waals surface area contributed by atoms with Crippen LogP contribution in [0.4, 0.5) is 0 Å². The molecule has 0 heterocycles. The molecule has 1 aliphatic carbocycles. The number of thioether (sulfide) groups is 1. The number of carbonyl (C=O) groups excluding carboxylic acids is 1. The van der Waals surface area contributed by atoms with E-state index in [4.69, 9.17) is 5.11 Å². The Morgan fingerprint density at radius 2 is 2.12 bits per heavy atom. The Kier molecular flexibility index (Phi) is 4.63. The van der Waals surface area contributed by atoms with E-state index in [9.17, 15) is 4.79 Å². The average molecular weight is 250 g/mol. The fourth-order valence-corrected chi connectivity index (χ4v) is 2.99. The van der Waals surface area contributed by atoms with Crippen LogP contribution in [-0.4, -0.2) is 29.0 Å². The first-order chi connectivity index (χ1) is 8.31. The van der Waals surface area contributed by atoms with Crippen LogP contribution in [0.3, 0.4) is 0 Å². The molecular formula is C14H18O2S. The topological polar surface area (TPSA) is 37.3 Å². The lowest BCUT2D eigenvalue weighted by Gasteiger charge is -2.04. The molecule has 0 spiro atoms. The van der Waals surface area contributed by atoms with Crippen molar-refractivity contribution in [2.24, 2.45) is 0 Å². The molecule has 0 radical (unpaired) electrons. The Morgan fingerprint density at radius 3 is 2.94 bits per heavy atom. The number of aryl methyl sites for hydroxylation is 2. The maximum absolute atomic E-state index is 11.9. The van der Waals surface area contributed by atoms with E-state index in [-0.39, 0.29) is 12.4 Å². The van der Waals surface area contributed by atoms with Crippen LogP contribution in [0.5, 0.6) is 0 Å². The number of benzene rings is 1. The second-order valence-corrected chi connectivity index (χ2v) is 5.50. The van der Waals surface area contributed by atoms with Crippen molar-refractivity contribution in [1.82, 2.24) is 0 Å². The zero-order chi connectivity index (χ0) is 12.1. The molecule has 2 rings (SSSR count). The van der Waals surface area contributed by atoms with Crippen molar-refractivity contribution in [1.29, 1.82) is 0 Å². The Hall–Kier alpha value is -0.800. The number of hydrogen-bond acceptors (Lipinski definition) is 3. The van der Waals surface area contributed by atoms with Crippen molar-refractivity contribution < 1.29 is 9.90 Å². The molecule has 0 fully saturated rings. The number of carbonyl (C=O) groups is 1. The molecular weight excluding hydrogens is 232 g/mol. The molecule has 2 nitrogen and oxygen atoms in total. The summed E-state index contributed by atoms with van der Waals surface area (Å²) in [6.07, 6.45) is 4.27. The van der Waals surface area contributed by atoms with Gasteiger partial charge < -0.3 is 5.11 Å². The second-order valence-electron chi connectivity index (χ2n) is 4.39. The van der Waals surface area contributed by atoms with E-state index >= 15 is 0 Å². The van der Waals surface area contributed by atoms with Gasteiger partial charge in [0.15, 0.2) is 5.78 Å². The lowest BCUT2D eigenvalue weighted by atomic mass is 10.0. The predicted molar refractivity (Wildman–Crippen MR) is 71.8 cm³/mol. The molecule has 0 saturated heterocycles. The molecule has 0 aromatic heterocycles. The van der Waals surface area contributed by atoms with Crippen molar-refractivity contribution in [3.05, 3.63) is 34.9 Å². The Bertz CT molecular complexity index is 401. The van der Waals surface area contributed by atoms with Crippen molar-refractivity contribution in [3.8, 4) is 0 Å². The number of Topliss-reactive ketones (excluding diaryl/α,β-unsaturated/α-hetero) is 1. The zero-order valence-electron chi connectivity index (χ0n) is 9.95. The fourth-order valence-electron chi connectivity index (χ4n) is 2.16. The number of ketones is 1. The standard InChI is InChI=1S/C14H18O2S/c15-7-2-8-17-10-14(16)13-6-5-11-3-1-4-12(11)9-13/h5-6,9,15H,1-4,7-8,10H2. The van der Waals surface area contributed by atoms with Crippen LogP contribution >= 0.6 is 11.8 Å². The van der Waals surface area contributed by atoms with Crippen molar-refractivity contribution >= 4 is 17.5 Å². The Labute approximate surface area is 106 Å². The maximum Gasteiger partial charge on any atom is 0.172 e. The van der Waals surface area contributed by atoms with Gasteiger partial charge in [0, 0.05) is 12.2 Å². The van der Waals surface area contributed by atoms with Gasteiger partial charge in [-0.25, -0.2) is 0 Å². The highest BCUT2D eigenvalue weighted by atomic mass is 32.2. The number of rotatable bonds is 6. The van der Waals surface area contributed by atoms with Crippen LogP contribution in [0.2, 0.25) is 0 Å². The van der Waals surface area contributed by atoms with E-state index in [1.807, 2.05) is 6.07 Å². The molecule has 0 atom stereocenters. The predicted octanol–water partition coefficient (Wildman–Crippen LogP) is 2.47. The highest BCUT2D eigenvalue weighted by Crippen LogP contribution is 2.23. The van der Waals surface area contributed by atoms with Crippen LogP contribution in [0.1, 0.15) is 34.3 Å². The summed E-state index contributed by atoms with van der Waals surface area (Å²) in [5.41, 5.74) is 3.62. The van der Waals surface area contributed by atoms with Gasteiger partial charge in [0.2, 0.25) is 0 Å². The molecule has 17 heavy (non-hydrogen) atoms. The zero-order valence-corrected chi connectivity index (χ0v) is 10.8. The summed E-state index contributed by atoms with van der Waals surface area (Å²) in [6, 6.07) is 6.13. The molecule has 1 aromatic carbocycles. The van der Waals surface area contributed by atoms with E-state index in [0.29, 0.717) is 5.75 Å². The van der Waals surface area contributed by atoms with Gasteiger partial charge in [0.25, 0.3) is 0 Å². The average Bonchev–Trinajstić information content (AvgIpc) is 2.81. The third-order valence-corrected chi connectivity index (χ3v) is 4.14. The number of aliphatic hydroxyl groups excluding tert-OH is 1. The first-order valence-corrected chi connectivity index (χ1v) is 7.30. The van der Waals surface area contributed by atoms with Crippen LogP contribution in [0, 0.1) is 0 Å². The van der Waals surface area contributed by atoms with Gasteiger partial charge in [-0.2, -0.15) is 11.8 Å². The summed E-state index contributed by atoms with van der Waals surface area (Å²) in [7, 11) is 0. The molecule has 3 heteroatoms. The third-order valence-electron chi connectivity index (χ3n) is 3.10. The first kappa shape index (κ1) is 12.7. The van der Waals surface area contributed by atoms with Gasteiger partial charge in [-0.3, -0.25) is 4.79 Å². The molecule has 1 aromatic rings. The third kappa shape index (κ3) is 3.33. The highest BCUT2D eigenvalue weighted by Gasteiger charge is 2.13. The van der Waals surface area contributed by atoms with Gasteiger partial charge in [-0.1, -0.05) is 12.1 Å². The molecule has 1 N–H and O–H groups in total. The van der Waals surface area contributed by atoms with Gasteiger partial charge in [0.05, 0.1) is 5.75 Å². The maximum atomic E-state index is 11.9. The molecule has 0 aliphatic heterocycles. The lowest BCUT2D eigenvalue weighted by molar-refractivity contribution is 0.102. The van der Waals surface area contributed by atoms with Gasteiger partial charge in [-0.15, -0.1) is 0 Å². The smallest absolute Gasteiger partial charge is 0.172 e. The molecule has 0 unspecified atom stereocenters. The molecule has 1 aliphatic rings. The minimum atomic E-state index is 0.208. The number of aliphatic hydroxyl groups is 1. The summed E-state index contributed by atoms with van der Waals surface area (Å²) < 4.78 is 0. The van der Waals surface area contributed by atoms with E-state index in [0.717, 1.165) is 30.6 Å². The largest absolute Gasteiger partial charge is 0.396 e. The van der Waals surface area contributed by atoms with Gasteiger partial charge >= 0.3 is 0 Å². The van der Waals surface area contributed by atoms with Crippen LogP contribution in [-0.2, 0) is 12.8 Å². The summed E-state index contributed by atoms with van der Waals surface area (Å²) in [5, 5.41) is 8.66. The minimum Gasteiger partial charge on any atom is -0.396 e. The Morgan fingerprint density at radius 1 is 1.29 bits per heavy atom. The second kappa shape index (κ2) is 6.22. The van der Waals surface area contributed by atoms with Crippen molar-refractivity contribution in [2.45, 2.75) is 25.7 Å². The van der Waals surface area contributed by atoms with Crippen LogP contribution in [0.15, 0.2) is 18.2 Å². The Balaban J connectivity index is 1.91. The van der Waals surface area contributed by atoms with Crippen LogP contribution < -0.4 is 0 Å². The SMILES string of the molecule is O=C(CSCCCO)c1ccc2c(c1)CCC2. The normalized spacial score (nSPS) is 13.7. The number of hydrogen-bond donors (Lipinski definition) is 1. The van der Waals surface area contributed by atoms with Crippen molar-refractivity contribution in [3.63, 3.8) is 0 Å². The summed E-state index contributed by atoms with van der Waals surface area (Å²) in [4.78, 5) is 11.9. The summed E-state index contributed by atoms with van der Waals surface area (Å²) in [6.45, 7) is 0.208. The van der Waals surface area contributed by atoms with Crippen molar-refractivity contribution in [2.75, 3.05) is 18.1 Å². The summed E-state index contributed by atoms with van der Waals surface area (Å²) >= 11 is 1.60. The number of fused-ring (bicyclic) bond motifs is 1.